The van der Waals surface area contributed by atoms with Crippen LogP contribution in [0, 0.1) is 6.92 Å². The summed E-state index contributed by atoms with van der Waals surface area (Å²) in [7, 11) is 0. The van der Waals surface area contributed by atoms with E-state index >= 15 is 0 Å². The van der Waals surface area contributed by atoms with Gasteiger partial charge in [0.25, 0.3) is 5.91 Å². The summed E-state index contributed by atoms with van der Waals surface area (Å²) in [5, 5.41) is 2.88. The van der Waals surface area contributed by atoms with Crippen LogP contribution < -0.4 is 5.32 Å². The number of imidazole rings is 1. The number of carbonyl (C=O) groups is 2. The third-order valence-corrected chi connectivity index (χ3v) is 6.08. The second-order valence-corrected chi connectivity index (χ2v) is 8.16. The molecule has 31 heavy (non-hydrogen) atoms. The minimum absolute atomic E-state index is 0.231. The molecule has 0 unspecified atom stereocenters. The largest absolute Gasteiger partial charge is 0.462 e. The molecule has 0 saturated heterocycles. The molecule has 158 valence electrons. The number of fused-ring (bicyclic) bond motifs is 1. The zero-order valence-corrected chi connectivity index (χ0v) is 18.2. The fraction of sp³-hybridized carbons (Fsp3) is 0.208. The first-order chi connectivity index (χ1) is 15.1. The second-order valence-electron chi connectivity index (χ2n) is 7.19. The average Bonchev–Trinajstić information content (AvgIpc) is 3.34. The number of nitrogens with zero attached hydrogens (tertiary/aromatic N) is 2. The van der Waals surface area contributed by atoms with Crippen LogP contribution in [0.3, 0.4) is 0 Å². The van der Waals surface area contributed by atoms with Gasteiger partial charge in [0.15, 0.2) is 4.96 Å². The Labute approximate surface area is 184 Å². The van der Waals surface area contributed by atoms with E-state index in [1.165, 1.54) is 11.3 Å². The molecule has 2 aromatic heterocycles. The van der Waals surface area contributed by atoms with Crippen molar-refractivity contribution in [3.8, 4) is 11.3 Å². The second kappa shape index (κ2) is 9.14. The van der Waals surface area contributed by atoms with Gasteiger partial charge in [0.1, 0.15) is 4.88 Å². The van der Waals surface area contributed by atoms with E-state index in [0.29, 0.717) is 22.7 Å². The van der Waals surface area contributed by atoms with Crippen molar-refractivity contribution >= 4 is 33.9 Å². The molecule has 1 amide bonds. The number of esters is 1. The number of ether oxygens (including phenoxy) is 1. The molecule has 2 heterocycles. The molecule has 4 aromatic rings. The zero-order chi connectivity index (χ0) is 21.8. The van der Waals surface area contributed by atoms with E-state index in [-0.39, 0.29) is 11.9 Å². The molecule has 0 saturated carbocycles. The number of anilines is 1. The lowest BCUT2D eigenvalue weighted by atomic mass is 10.2. The molecule has 4 rings (SSSR count). The molecule has 1 N–H and O–H groups in total. The van der Waals surface area contributed by atoms with Gasteiger partial charge in [-0.05, 0) is 31.5 Å². The SMILES string of the molecule is CCCCOC(=O)c1cccc(NC(=O)c2sc3nc(-c4ccccc4)cn3c2C)c1. The molecular weight excluding hydrogens is 410 g/mol. The highest BCUT2D eigenvalue weighted by Crippen LogP contribution is 2.28. The van der Waals surface area contributed by atoms with Gasteiger partial charge in [0.2, 0.25) is 0 Å². The Kier molecular flexibility index (Phi) is 6.13. The van der Waals surface area contributed by atoms with Crippen molar-refractivity contribution in [3.63, 3.8) is 0 Å². The van der Waals surface area contributed by atoms with E-state index in [0.717, 1.165) is 34.8 Å². The lowest BCUT2D eigenvalue weighted by molar-refractivity contribution is 0.0499. The van der Waals surface area contributed by atoms with Crippen LogP contribution in [0.15, 0.2) is 60.8 Å². The Balaban J connectivity index is 1.51. The predicted molar refractivity (Wildman–Crippen MR) is 123 cm³/mol. The van der Waals surface area contributed by atoms with E-state index in [2.05, 4.69) is 10.3 Å². The number of unbranched alkanes of at least 4 members (excludes halogenated alkanes) is 1. The fourth-order valence-corrected chi connectivity index (χ4v) is 4.22. The number of hydrogen-bond acceptors (Lipinski definition) is 5. The molecular formula is C24H23N3O3S. The quantitative estimate of drug-likeness (QED) is 0.305. The molecule has 0 aliphatic heterocycles. The maximum atomic E-state index is 12.9. The summed E-state index contributed by atoms with van der Waals surface area (Å²) in [6.45, 7) is 4.33. The number of aryl methyl sites for hydroxylation is 1. The van der Waals surface area contributed by atoms with Crippen LogP contribution in [0.2, 0.25) is 0 Å². The Bertz CT molecular complexity index is 1230. The van der Waals surface area contributed by atoms with Crippen LogP contribution in [0.5, 0.6) is 0 Å². The van der Waals surface area contributed by atoms with Crippen molar-refractivity contribution in [2.24, 2.45) is 0 Å². The number of hydrogen-bond donors (Lipinski definition) is 1. The third kappa shape index (κ3) is 4.51. The number of aromatic nitrogens is 2. The molecule has 2 aromatic carbocycles. The molecule has 6 nitrogen and oxygen atoms in total. The predicted octanol–water partition coefficient (Wildman–Crippen LogP) is 5.58. The summed E-state index contributed by atoms with van der Waals surface area (Å²) in [4.78, 5) is 31.1. The first-order valence-electron chi connectivity index (χ1n) is 10.2. The van der Waals surface area contributed by atoms with Gasteiger partial charge < -0.3 is 10.1 Å². The minimum atomic E-state index is -0.385. The normalized spacial score (nSPS) is 10.9. The fourth-order valence-electron chi connectivity index (χ4n) is 3.21. The minimum Gasteiger partial charge on any atom is -0.462 e. The van der Waals surface area contributed by atoms with Gasteiger partial charge in [-0.3, -0.25) is 9.20 Å². The van der Waals surface area contributed by atoms with Crippen molar-refractivity contribution in [2.45, 2.75) is 26.7 Å². The molecule has 0 atom stereocenters. The van der Waals surface area contributed by atoms with Gasteiger partial charge >= 0.3 is 5.97 Å². The van der Waals surface area contributed by atoms with Crippen molar-refractivity contribution in [3.05, 3.63) is 76.9 Å². The number of thiazole rings is 1. The summed E-state index contributed by atoms with van der Waals surface area (Å²) in [5.41, 5.74) is 3.69. The zero-order valence-electron chi connectivity index (χ0n) is 17.4. The average molecular weight is 434 g/mol. The summed E-state index contributed by atoms with van der Waals surface area (Å²) >= 11 is 1.34. The highest BCUT2D eigenvalue weighted by molar-refractivity contribution is 7.19. The Morgan fingerprint density at radius 3 is 2.68 bits per heavy atom. The van der Waals surface area contributed by atoms with Crippen LogP contribution in [0.4, 0.5) is 5.69 Å². The lowest BCUT2D eigenvalue weighted by Crippen LogP contribution is -2.13. The van der Waals surface area contributed by atoms with E-state index in [4.69, 9.17) is 4.74 Å². The standard InChI is InChI=1S/C24H23N3O3S/c1-3-4-13-30-23(29)18-11-8-12-19(14-18)25-22(28)21-16(2)27-15-20(26-24(27)31-21)17-9-6-5-7-10-17/h5-12,14-15H,3-4,13H2,1-2H3,(H,25,28). The Morgan fingerprint density at radius 1 is 1.13 bits per heavy atom. The Morgan fingerprint density at radius 2 is 1.94 bits per heavy atom. The molecule has 0 radical (unpaired) electrons. The summed E-state index contributed by atoms with van der Waals surface area (Å²) < 4.78 is 7.18. The first-order valence-corrected chi connectivity index (χ1v) is 11.0. The maximum Gasteiger partial charge on any atom is 0.338 e. The number of carbonyl (C=O) groups excluding carboxylic acids is 2. The first kappa shape index (κ1) is 20.8. The summed E-state index contributed by atoms with van der Waals surface area (Å²) in [5.74, 6) is -0.616. The molecule has 0 fully saturated rings. The molecule has 0 bridgehead atoms. The summed E-state index contributed by atoms with van der Waals surface area (Å²) in [6.07, 6.45) is 3.73. The van der Waals surface area contributed by atoms with Gasteiger partial charge in [-0.15, -0.1) is 0 Å². The number of benzene rings is 2. The molecule has 7 heteroatoms. The van der Waals surface area contributed by atoms with Gasteiger partial charge in [-0.1, -0.05) is 61.1 Å². The van der Waals surface area contributed by atoms with Gasteiger partial charge in [0.05, 0.1) is 17.9 Å². The van der Waals surface area contributed by atoms with Gasteiger partial charge in [-0.2, -0.15) is 0 Å². The Hall–Kier alpha value is -3.45. The number of amides is 1. The molecule has 0 aliphatic rings. The summed E-state index contributed by atoms with van der Waals surface area (Å²) in [6, 6.07) is 16.7. The van der Waals surface area contributed by atoms with Crippen LogP contribution in [-0.4, -0.2) is 27.9 Å². The van der Waals surface area contributed by atoms with E-state index < -0.39 is 0 Å². The van der Waals surface area contributed by atoms with Crippen molar-refractivity contribution < 1.29 is 14.3 Å². The lowest BCUT2D eigenvalue weighted by Gasteiger charge is -2.07. The monoisotopic (exact) mass is 433 g/mol. The highest BCUT2D eigenvalue weighted by atomic mass is 32.1. The topological polar surface area (TPSA) is 72.7 Å². The van der Waals surface area contributed by atoms with E-state index in [1.807, 2.05) is 54.8 Å². The van der Waals surface area contributed by atoms with Crippen LogP contribution >= 0.6 is 11.3 Å². The highest BCUT2D eigenvalue weighted by Gasteiger charge is 2.19. The maximum absolute atomic E-state index is 12.9. The van der Waals surface area contributed by atoms with Crippen LogP contribution in [0.1, 0.15) is 45.5 Å². The molecule has 0 aliphatic carbocycles. The number of rotatable bonds is 7. The van der Waals surface area contributed by atoms with Gasteiger partial charge in [0, 0.05) is 23.1 Å². The van der Waals surface area contributed by atoms with Crippen molar-refractivity contribution in [1.29, 1.82) is 0 Å². The molecule has 0 spiro atoms. The smallest absolute Gasteiger partial charge is 0.338 e. The third-order valence-electron chi connectivity index (χ3n) is 4.92. The van der Waals surface area contributed by atoms with Crippen LogP contribution in [-0.2, 0) is 4.74 Å². The van der Waals surface area contributed by atoms with E-state index in [1.54, 1.807) is 24.3 Å². The van der Waals surface area contributed by atoms with Crippen molar-refractivity contribution in [2.75, 3.05) is 11.9 Å². The van der Waals surface area contributed by atoms with Crippen LogP contribution in [0.25, 0.3) is 16.2 Å². The van der Waals surface area contributed by atoms with Crippen molar-refractivity contribution in [1.82, 2.24) is 9.38 Å². The van der Waals surface area contributed by atoms with Gasteiger partial charge in [-0.25, -0.2) is 9.78 Å². The van der Waals surface area contributed by atoms with E-state index in [9.17, 15) is 9.59 Å². The number of nitrogens with one attached hydrogen (secondary N) is 1.